The molecule has 1 unspecified atom stereocenters. The highest BCUT2D eigenvalue weighted by Crippen LogP contribution is 2.47. The van der Waals surface area contributed by atoms with Crippen LogP contribution in [-0.2, 0) is 20.7 Å². The van der Waals surface area contributed by atoms with Crippen LogP contribution < -0.4 is 5.32 Å². The molecule has 0 spiro atoms. The van der Waals surface area contributed by atoms with Crippen LogP contribution in [0.3, 0.4) is 0 Å². The van der Waals surface area contributed by atoms with E-state index < -0.39 is 53.0 Å². The number of benzene rings is 1. The Hall–Kier alpha value is -2.49. The highest BCUT2D eigenvalue weighted by Gasteiger charge is 2.51. The second-order valence-corrected chi connectivity index (χ2v) is 11.7. The number of carbonyl (C=O) groups excluding carboxylic acids is 2. The average Bonchev–Trinajstić information content (AvgIpc) is 2.77. The zero-order chi connectivity index (χ0) is 30.0. The van der Waals surface area contributed by atoms with E-state index >= 15 is 0 Å². The molecule has 0 saturated heterocycles. The Morgan fingerprint density at radius 1 is 1.08 bits per heavy atom. The van der Waals surface area contributed by atoms with E-state index in [1.165, 1.54) is 24.3 Å². The predicted molar refractivity (Wildman–Crippen MR) is 138 cm³/mol. The fourth-order valence-electron chi connectivity index (χ4n) is 4.21. The number of ether oxygens (including phenoxy) is 1. The van der Waals surface area contributed by atoms with Crippen LogP contribution in [-0.4, -0.2) is 29.8 Å². The van der Waals surface area contributed by atoms with E-state index in [0.29, 0.717) is 5.56 Å². The Morgan fingerprint density at radius 2 is 1.69 bits per heavy atom. The summed E-state index contributed by atoms with van der Waals surface area (Å²) in [7, 11) is 0. The molecule has 1 aromatic carbocycles. The fourth-order valence-corrected chi connectivity index (χ4v) is 4.37. The topological polar surface area (TPSA) is 55.4 Å². The van der Waals surface area contributed by atoms with Gasteiger partial charge in [0.2, 0.25) is 5.91 Å². The van der Waals surface area contributed by atoms with E-state index in [4.69, 9.17) is 16.3 Å². The number of aryl methyl sites for hydroxylation is 1. The molecule has 0 bridgehead atoms. The van der Waals surface area contributed by atoms with Crippen LogP contribution in [0.4, 0.5) is 32.0 Å². The Bertz CT molecular complexity index is 1120. The van der Waals surface area contributed by atoms with E-state index in [1.807, 2.05) is 0 Å². The Labute approximate surface area is 229 Å². The van der Waals surface area contributed by atoms with Gasteiger partial charge < -0.3 is 10.1 Å². The van der Waals surface area contributed by atoms with Crippen molar-refractivity contribution in [3.8, 4) is 0 Å². The number of rotatable bonds is 8. The molecule has 39 heavy (non-hydrogen) atoms. The molecule has 4 nitrogen and oxygen atoms in total. The molecule has 0 radical (unpaired) electrons. The van der Waals surface area contributed by atoms with Crippen LogP contribution in [0.2, 0.25) is 5.02 Å². The van der Waals surface area contributed by atoms with Crippen LogP contribution in [0.15, 0.2) is 42.0 Å². The van der Waals surface area contributed by atoms with Gasteiger partial charge in [0.05, 0.1) is 28.0 Å². The standard InChI is InChI=1S/C28H34ClF6NO3/c1-16(27(30,31)32)23(18-9-11-19(12-10-18)26(5,6)28(33,34)35)24(38)36-21-15-17(7-13-20(21)29)8-14-22(37)39-25(2,3)4/h7,9,11-13,15-16,18,23H,8,10,14H2,1-6H3,(H,36,38)/t16-,18?,23+/m1/s1. The smallest absolute Gasteiger partial charge is 0.397 e. The van der Waals surface area contributed by atoms with Gasteiger partial charge in [-0.15, -0.1) is 0 Å². The molecule has 0 aromatic heterocycles. The normalized spacial score (nSPS) is 18.3. The zero-order valence-electron chi connectivity index (χ0n) is 22.7. The molecule has 3 atom stereocenters. The average molecular weight is 582 g/mol. The van der Waals surface area contributed by atoms with E-state index in [9.17, 15) is 35.9 Å². The fraction of sp³-hybridized carbons (Fsp3) is 0.571. The van der Waals surface area contributed by atoms with Crippen molar-refractivity contribution < 1.29 is 40.7 Å². The van der Waals surface area contributed by atoms with Gasteiger partial charge in [-0.3, -0.25) is 9.59 Å². The quantitative estimate of drug-likeness (QED) is 0.247. The monoisotopic (exact) mass is 581 g/mol. The lowest BCUT2D eigenvalue weighted by molar-refractivity contribution is -0.196. The Kier molecular flexibility index (Phi) is 10.0. The van der Waals surface area contributed by atoms with Crippen LogP contribution in [0, 0.1) is 23.2 Å². The summed E-state index contributed by atoms with van der Waals surface area (Å²) >= 11 is 6.20. The van der Waals surface area contributed by atoms with E-state index in [1.54, 1.807) is 26.8 Å². The summed E-state index contributed by atoms with van der Waals surface area (Å²) in [5.41, 5.74) is -2.27. The molecule has 218 valence electrons. The maximum Gasteiger partial charge on any atom is 0.397 e. The summed E-state index contributed by atoms with van der Waals surface area (Å²) < 4.78 is 86.9. The number of amides is 1. The SMILES string of the molecule is C[C@H]([C@H](C(=O)Nc1cc(CCC(=O)OC(C)(C)C)ccc1Cl)C1C=CC(C(C)(C)C(F)(F)F)=CC1)C(F)(F)F. The largest absolute Gasteiger partial charge is 0.460 e. The molecular weight excluding hydrogens is 548 g/mol. The number of alkyl halides is 6. The summed E-state index contributed by atoms with van der Waals surface area (Å²) in [4.78, 5) is 25.3. The highest BCUT2D eigenvalue weighted by atomic mass is 35.5. The van der Waals surface area contributed by atoms with Crippen LogP contribution >= 0.6 is 11.6 Å². The molecule has 0 aliphatic heterocycles. The molecule has 0 saturated carbocycles. The zero-order valence-corrected chi connectivity index (χ0v) is 23.4. The number of nitrogens with one attached hydrogen (secondary N) is 1. The molecule has 1 aromatic rings. The van der Waals surface area contributed by atoms with Crippen molar-refractivity contribution >= 4 is 29.2 Å². The highest BCUT2D eigenvalue weighted by molar-refractivity contribution is 6.33. The molecule has 2 rings (SSSR count). The number of hydrogen-bond acceptors (Lipinski definition) is 3. The van der Waals surface area contributed by atoms with Gasteiger partial charge in [-0.05, 0) is 76.6 Å². The molecule has 1 aliphatic rings. The van der Waals surface area contributed by atoms with Crippen molar-refractivity contribution in [1.82, 2.24) is 0 Å². The Morgan fingerprint density at radius 3 is 2.18 bits per heavy atom. The summed E-state index contributed by atoms with van der Waals surface area (Å²) in [5.74, 6) is -6.12. The molecule has 0 heterocycles. The first-order chi connectivity index (χ1) is 17.6. The van der Waals surface area contributed by atoms with Crippen molar-refractivity contribution in [3.05, 3.63) is 52.6 Å². The van der Waals surface area contributed by atoms with Gasteiger partial charge in [-0.1, -0.05) is 42.8 Å². The second-order valence-electron chi connectivity index (χ2n) is 11.3. The minimum atomic E-state index is -4.73. The summed E-state index contributed by atoms with van der Waals surface area (Å²) in [5, 5.41) is 2.55. The summed E-state index contributed by atoms with van der Waals surface area (Å²) in [6.07, 6.45) is -5.55. The maximum absolute atomic E-state index is 13.8. The van der Waals surface area contributed by atoms with Gasteiger partial charge in [0, 0.05) is 6.42 Å². The summed E-state index contributed by atoms with van der Waals surface area (Å²) in [6, 6.07) is 4.55. The maximum atomic E-state index is 13.8. The predicted octanol–water partition coefficient (Wildman–Crippen LogP) is 8.46. The first-order valence-corrected chi connectivity index (χ1v) is 12.8. The number of allylic oxidation sites excluding steroid dienone is 4. The number of halogens is 7. The first-order valence-electron chi connectivity index (χ1n) is 12.5. The van der Waals surface area contributed by atoms with Crippen LogP contribution in [0.1, 0.15) is 59.9 Å². The first kappa shape index (κ1) is 32.7. The molecule has 11 heteroatoms. The van der Waals surface area contributed by atoms with Crippen molar-refractivity contribution in [2.45, 2.75) is 78.8 Å². The van der Waals surface area contributed by atoms with Crippen molar-refractivity contribution in [2.24, 2.45) is 23.2 Å². The number of esters is 1. The van der Waals surface area contributed by atoms with Gasteiger partial charge in [0.25, 0.3) is 0 Å². The third-order valence-corrected chi connectivity index (χ3v) is 7.04. The molecular formula is C28H34ClF6NO3. The second kappa shape index (κ2) is 11.9. The molecule has 1 N–H and O–H groups in total. The van der Waals surface area contributed by atoms with Crippen molar-refractivity contribution in [3.63, 3.8) is 0 Å². The third kappa shape index (κ3) is 8.75. The number of anilines is 1. The van der Waals surface area contributed by atoms with Gasteiger partial charge in [-0.2, -0.15) is 26.3 Å². The number of hydrogen-bond donors (Lipinski definition) is 1. The van der Waals surface area contributed by atoms with Crippen LogP contribution in [0.25, 0.3) is 0 Å². The lowest BCUT2D eigenvalue weighted by Crippen LogP contribution is -2.41. The van der Waals surface area contributed by atoms with Crippen molar-refractivity contribution in [2.75, 3.05) is 5.32 Å². The van der Waals surface area contributed by atoms with Crippen LogP contribution in [0.5, 0.6) is 0 Å². The lowest BCUT2D eigenvalue weighted by Gasteiger charge is -2.34. The van der Waals surface area contributed by atoms with E-state index in [0.717, 1.165) is 26.8 Å². The minimum absolute atomic E-state index is 0.0375. The van der Waals surface area contributed by atoms with Crippen molar-refractivity contribution in [1.29, 1.82) is 0 Å². The summed E-state index contributed by atoms with van der Waals surface area (Å²) in [6.45, 7) is 8.04. The molecule has 0 fully saturated rings. The van der Waals surface area contributed by atoms with Gasteiger partial charge >= 0.3 is 18.3 Å². The lowest BCUT2D eigenvalue weighted by atomic mass is 9.73. The molecule has 1 aliphatic carbocycles. The van der Waals surface area contributed by atoms with Gasteiger partial charge in [0.15, 0.2) is 0 Å². The van der Waals surface area contributed by atoms with E-state index in [2.05, 4.69) is 5.32 Å². The molecule has 1 amide bonds. The Balaban J connectivity index is 2.26. The minimum Gasteiger partial charge on any atom is -0.460 e. The van der Waals surface area contributed by atoms with Gasteiger partial charge in [-0.25, -0.2) is 0 Å². The number of carbonyl (C=O) groups is 2. The van der Waals surface area contributed by atoms with Gasteiger partial charge in [0.1, 0.15) is 5.60 Å². The van der Waals surface area contributed by atoms with E-state index in [-0.39, 0.29) is 35.5 Å². The third-order valence-electron chi connectivity index (χ3n) is 6.71.